The quantitative estimate of drug-likeness (QED) is 0.174. The third-order valence-corrected chi connectivity index (χ3v) is 6.35. The maximum Gasteiger partial charge on any atom is 0.390 e. The first-order valence-corrected chi connectivity index (χ1v) is 12.7. The van der Waals surface area contributed by atoms with Gasteiger partial charge in [0.2, 0.25) is 0 Å². The third-order valence-electron chi connectivity index (χ3n) is 6.35. The number of pyridine rings is 1. The summed E-state index contributed by atoms with van der Waals surface area (Å²) in [5, 5.41) is 5.89. The zero-order valence-corrected chi connectivity index (χ0v) is 22.3. The van der Waals surface area contributed by atoms with Crippen molar-refractivity contribution in [3.05, 3.63) is 71.8 Å². The molecule has 5 rings (SSSR count). The van der Waals surface area contributed by atoms with Crippen LogP contribution in [-0.2, 0) is 0 Å². The van der Waals surface area contributed by atoms with Crippen LogP contribution in [0.5, 0.6) is 17.2 Å². The molecule has 7 nitrogen and oxygen atoms in total. The van der Waals surface area contributed by atoms with Gasteiger partial charge in [-0.3, -0.25) is 9.20 Å². The number of aldehydes is 1. The number of imidazole rings is 1. The highest BCUT2D eigenvalue weighted by molar-refractivity contribution is 5.80. The van der Waals surface area contributed by atoms with E-state index in [-0.39, 0.29) is 23.7 Å². The number of anilines is 1. The molecule has 1 aliphatic carbocycles. The van der Waals surface area contributed by atoms with E-state index >= 15 is 0 Å². The molecule has 40 heavy (non-hydrogen) atoms. The number of ether oxygens (including phenoxy) is 2. The molecule has 0 amide bonds. The smallest absolute Gasteiger partial charge is 0.390 e. The summed E-state index contributed by atoms with van der Waals surface area (Å²) in [5.74, 6) is -0.261. The van der Waals surface area contributed by atoms with E-state index in [2.05, 4.69) is 15.6 Å². The Hall–Kier alpha value is -4.12. The average Bonchev–Trinajstić information content (AvgIpc) is 3.67. The van der Waals surface area contributed by atoms with Crippen molar-refractivity contribution in [3.63, 3.8) is 0 Å². The van der Waals surface area contributed by atoms with Crippen LogP contribution in [0.25, 0.3) is 16.9 Å². The van der Waals surface area contributed by atoms with Gasteiger partial charge < -0.3 is 20.1 Å². The van der Waals surface area contributed by atoms with E-state index < -0.39 is 18.4 Å². The number of carbonyl (C=O) groups excluding carboxylic acids is 1. The summed E-state index contributed by atoms with van der Waals surface area (Å²) in [7, 11) is 3.42. The highest BCUT2D eigenvalue weighted by Gasteiger charge is 2.26. The SMILES string of the molecule is CNC1CC1.COc1ccc(Oc2cc(NCCC(F)(F)F)c3ncc(-c4ccc(C=O)c(C)c4)n3c2)c(F)c1. The van der Waals surface area contributed by atoms with Gasteiger partial charge >= 0.3 is 6.18 Å². The van der Waals surface area contributed by atoms with Crippen molar-refractivity contribution >= 4 is 17.6 Å². The zero-order chi connectivity index (χ0) is 28.9. The zero-order valence-electron chi connectivity index (χ0n) is 22.3. The first kappa shape index (κ1) is 28.9. The monoisotopic (exact) mass is 558 g/mol. The fourth-order valence-corrected chi connectivity index (χ4v) is 3.96. The second-order valence-corrected chi connectivity index (χ2v) is 9.37. The van der Waals surface area contributed by atoms with Gasteiger partial charge in [-0.2, -0.15) is 13.2 Å². The number of alkyl halides is 3. The molecule has 2 N–H and O–H groups in total. The van der Waals surface area contributed by atoms with Gasteiger partial charge in [-0.05, 0) is 50.6 Å². The van der Waals surface area contributed by atoms with Crippen LogP contribution in [-0.4, -0.2) is 48.6 Å². The van der Waals surface area contributed by atoms with E-state index in [1.165, 1.54) is 38.2 Å². The van der Waals surface area contributed by atoms with E-state index in [9.17, 15) is 22.4 Å². The van der Waals surface area contributed by atoms with Crippen LogP contribution in [0.15, 0.2) is 54.9 Å². The molecule has 0 saturated heterocycles. The molecule has 0 radical (unpaired) electrons. The molecule has 4 aromatic rings. The molecule has 0 aliphatic heterocycles. The molecule has 1 fully saturated rings. The van der Waals surface area contributed by atoms with E-state index in [1.54, 1.807) is 41.9 Å². The fourth-order valence-electron chi connectivity index (χ4n) is 3.96. The number of nitrogens with one attached hydrogen (secondary N) is 2. The maximum atomic E-state index is 14.5. The van der Waals surface area contributed by atoms with Crippen LogP contribution in [0, 0.1) is 12.7 Å². The summed E-state index contributed by atoms with van der Waals surface area (Å²) >= 11 is 0. The van der Waals surface area contributed by atoms with Gasteiger partial charge in [0.1, 0.15) is 17.8 Å². The van der Waals surface area contributed by atoms with Gasteiger partial charge in [0, 0.05) is 35.8 Å². The summed E-state index contributed by atoms with van der Waals surface area (Å²) in [4.78, 5) is 15.6. The van der Waals surface area contributed by atoms with Crippen molar-refractivity contribution < 1.29 is 31.8 Å². The number of rotatable bonds is 9. The molecular weight excluding hydrogens is 528 g/mol. The van der Waals surface area contributed by atoms with Crippen molar-refractivity contribution in [1.82, 2.24) is 14.7 Å². The minimum atomic E-state index is -4.33. The van der Waals surface area contributed by atoms with Crippen molar-refractivity contribution in [2.45, 2.75) is 38.4 Å². The largest absolute Gasteiger partial charge is 0.497 e. The Bertz CT molecular complexity index is 1480. The number of aryl methyl sites for hydroxylation is 1. The summed E-state index contributed by atoms with van der Waals surface area (Å²) in [5.41, 5.74) is 3.28. The number of benzene rings is 2. The van der Waals surface area contributed by atoms with E-state index in [0.717, 1.165) is 29.5 Å². The van der Waals surface area contributed by atoms with Crippen molar-refractivity contribution in [1.29, 1.82) is 0 Å². The number of hydrogen-bond donors (Lipinski definition) is 2. The molecule has 2 heterocycles. The van der Waals surface area contributed by atoms with Gasteiger partial charge in [-0.15, -0.1) is 0 Å². The van der Waals surface area contributed by atoms with Crippen LogP contribution in [0.2, 0.25) is 0 Å². The molecule has 0 atom stereocenters. The molecule has 0 spiro atoms. The molecule has 2 aromatic heterocycles. The molecule has 2 aromatic carbocycles. The third kappa shape index (κ3) is 7.29. The Labute approximate surface area is 229 Å². The second-order valence-electron chi connectivity index (χ2n) is 9.37. The molecular formula is C29H30F4N4O3. The van der Waals surface area contributed by atoms with Crippen LogP contribution < -0.4 is 20.1 Å². The highest BCUT2D eigenvalue weighted by Crippen LogP contribution is 2.33. The minimum Gasteiger partial charge on any atom is -0.497 e. The van der Waals surface area contributed by atoms with Crippen molar-refractivity contribution in [2.75, 3.05) is 26.0 Å². The second kappa shape index (κ2) is 12.4. The summed E-state index contributed by atoms with van der Waals surface area (Å²) < 4.78 is 65.0. The average molecular weight is 559 g/mol. The fraction of sp³-hybridized carbons (Fsp3) is 0.310. The number of carbonyl (C=O) groups is 1. The molecule has 1 aliphatic rings. The number of fused-ring (bicyclic) bond motifs is 1. The molecule has 11 heteroatoms. The van der Waals surface area contributed by atoms with Gasteiger partial charge in [-0.1, -0.05) is 12.1 Å². The lowest BCUT2D eigenvalue weighted by Crippen LogP contribution is -2.15. The van der Waals surface area contributed by atoms with Gasteiger partial charge in [-0.25, -0.2) is 9.37 Å². The lowest BCUT2D eigenvalue weighted by Gasteiger charge is -2.14. The summed E-state index contributed by atoms with van der Waals surface area (Å²) in [6.07, 6.45) is 1.31. The summed E-state index contributed by atoms with van der Waals surface area (Å²) in [6, 6.07) is 11.7. The first-order chi connectivity index (χ1) is 19.1. The number of nitrogens with zero attached hydrogens (tertiary/aromatic N) is 2. The molecule has 0 bridgehead atoms. The van der Waals surface area contributed by atoms with E-state index in [0.29, 0.717) is 22.7 Å². The molecule has 1 saturated carbocycles. The number of hydrogen-bond acceptors (Lipinski definition) is 6. The van der Waals surface area contributed by atoms with Crippen LogP contribution in [0.3, 0.4) is 0 Å². The molecule has 0 unspecified atom stereocenters. The lowest BCUT2D eigenvalue weighted by molar-refractivity contribution is -0.131. The Morgan fingerprint density at radius 1 is 1.12 bits per heavy atom. The Balaban J connectivity index is 0.000000666. The summed E-state index contributed by atoms with van der Waals surface area (Å²) in [6.45, 7) is 1.41. The van der Waals surface area contributed by atoms with E-state index in [4.69, 9.17) is 9.47 Å². The van der Waals surface area contributed by atoms with Crippen LogP contribution in [0.1, 0.15) is 35.2 Å². The number of halogens is 4. The van der Waals surface area contributed by atoms with Gasteiger partial charge in [0.15, 0.2) is 17.2 Å². The standard InChI is InChI=1S/C25H21F4N3O3.C4H9N/c1-15-9-16(3-4-17(15)14-33)22-12-31-24-21(30-8-7-25(27,28)29)11-19(13-32(22)24)35-23-6-5-18(34-2)10-20(23)26;1-5-4-2-3-4/h3-6,9-14,30H,7-8H2,1-2H3;4-5H,2-3H2,1H3. The van der Waals surface area contributed by atoms with Crippen LogP contribution in [0.4, 0.5) is 23.2 Å². The molecule has 212 valence electrons. The Morgan fingerprint density at radius 3 is 2.48 bits per heavy atom. The lowest BCUT2D eigenvalue weighted by atomic mass is 10.0. The number of aromatic nitrogens is 2. The maximum absolute atomic E-state index is 14.5. The van der Waals surface area contributed by atoms with Gasteiger partial charge in [0.25, 0.3) is 0 Å². The predicted octanol–water partition coefficient (Wildman–Crippen LogP) is 6.79. The van der Waals surface area contributed by atoms with E-state index in [1.807, 2.05) is 7.05 Å². The first-order valence-electron chi connectivity index (χ1n) is 12.7. The highest BCUT2D eigenvalue weighted by atomic mass is 19.4. The number of methoxy groups -OCH3 is 1. The van der Waals surface area contributed by atoms with Gasteiger partial charge in [0.05, 0.1) is 37.3 Å². The minimum absolute atomic E-state index is 0.0840. The van der Waals surface area contributed by atoms with Crippen molar-refractivity contribution in [2.24, 2.45) is 0 Å². The topological polar surface area (TPSA) is 76.9 Å². The Morgan fingerprint density at radius 2 is 1.90 bits per heavy atom. The predicted molar refractivity (Wildman–Crippen MR) is 145 cm³/mol. The normalized spacial score (nSPS) is 13.0. The van der Waals surface area contributed by atoms with Crippen molar-refractivity contribution in [3.8, 4) is 28.5 Å². The Kier molecular flexibility index (Phi) is 8.93. The van der Waals surface area contributed by atoms with Crippen LogP contribution >= 0.6 is 0 Å².